The Kier molecular flexibility index (Phi) is 7.07. The zero-order chi connectivity index (χ0) is 25.4. The third kappa shape index (κ3) is 4.64. The first kappa shape index (κ1) is 25.2. The first-order chi connectivity index (χ1) is 17.4. The molecular formula is C28H41N3O5. The molecule has 0 aromatic heterocycles. The second-order valence-electron chi connectivity index (χ2n) is 11.5. The molecule has 1 heterocycles. The predicted octanol–water partition coefficient (Wildman–Crippen LogP) is 3.03. The highest BCUT2D eigenvalue weighted by atomic mass is 16.5. The molecule has 0 radical (unpaired) electrons. The Hall–Kier alpha value is -2.48. The van der Waals surface area contributed by atoms with Crippen molar-refractivity contribution in [1.82, 2.24) is 14.7 Å². The number of benzene rings is 1. The van der Waals surface area contributed by atoms with Gasteiger partial charge in [0.1, 0.15) is 0 Å². The minimum atomic E-state index is -0.0779. The van der Waals surface area contributed by atoms with Gasteiger partial charge in [-0.1, -0.05) is 0 Å². The van der Waals surface area contributed by atoms with Gasteiger partial charge in [0.05, 0.1) is 33.3 Å². The van der Waals surface area contributed by atoms with Gasteiger partial charge in [-0.05, 0) is 68.4 Å². The monoisotopic (exact) mass is 499 g/mol. The van der Waals surface area contributed by atoms with Gasteiger partial charge in [-0.15, -0.1) is 0 Å². The number of nitrogens with zero attached hydrogens (tertiary/aromatic N) is 3. The van der Waals surface area contributed by atoms with Crippen molar-refractivity contribution in [3.63, 3.8) is 0 Å². The molecule has 0 unspecified atom stereocenters. The van der Waals surface area contributed by atoms with Gasteiger partial charge in [-0.3, -0.25) is 14.5 Å². The number of hydrogen-bond acceptors (Lipinski definition) is 6. The van der Waals surface area contributed by atoms with Gasteiger partial charge in [-0.25, -0.2) is 0 Å². The van der Waals surface area contributed by atoms with Crippen molar-refractivity contribution in [2.24, 2.45) is 23.2 Å². The van der Waals surface area contributed by atoms with Crippen LogP contribution >= 0.6 is 0 Å². The Morgan fingerprint density at radius 2 is 1.47 bits per heavy atom. The fourth-order valence-corrected chi connectivity index (χ4v) is 7.76. The van der Waals surface area contributed by atoms with E-state index < -0.39 is 0 Å². The Balaban J connectivity index is 1.14. The highest BCUT2D eigenvalue weighted by Crippen LogP contribution is 2.60. The van der Waals surface area contributed by atoms with Crippen LogP contribution < -0.4 is 14.2 Å². The van der Waals surface area contributed by atoms with E-state index in [0.29, 0.717) is 36.2 Å². The molecule has 0 N–H and O–H groups in total. The van der Waals surface area contributed by atoms with Gasteiger partial charge in [0, 0.05) is 45.3 Å². The first-order valence-corrected chi connectivity index (χ1v) is 13.4. The number of methoxy groups -OCH3 is 3. The number of rotatable bonds is 8. The summed E-state index contributed by atoms with van der Waals surface area (Å²) in [5, 5.41) is 0. The summed E-state index contributed by atoms with van der Waals surface area (Å²) in [5.74, 6) is 4.48. The first-order valence-electron chi connectivity index (χ1n) is 13.4. The van der Waals surface area contributed by atoms with E-state index in [2.05, 4.69) is 9.80 Å². The van der Waals surface area contributed by atoms with Crippen molar-refractivity contribution in [1.29, 1.82) is 0 Å². The molecule has 5 fully saturated rings. The average Bonchev–Trinajstić information content (AvgIpc) is 2.87. The standard InChI is InChI=1S/C28H41N3O5/c1-29(17-22-5-6-23(34-2)26(36-4)25(22)35-3)24(32)18-30-7-9-31(10-8-30)27(33)28-14-19-11-20(15-28)13-21(12-19)16-28/h5-6,19-21H,7-18H2,1-4H3. The molecule has 2 amide bonds. The smallest absolute Gasteiger partial charge is 0.236 e. The van der Waals surface area contributed by atoms with Crippen molar-refractivity contribution in [3.8, 4) is 17.2 Å². The van der Waals surface area contributed by atoms with Crippen LogP contribution in [0.3, 0.4) is 0 Å². The maximum atomic E-state index is 13.7. The molecular weight excluding hydrogens is 458 g/mol. The van der Waals surface area contributed by atoms with E-state index in [1.54, 1.807) is 26.2 Å². The molecule has 0 spiro atoms. The zero-order valence-corrected chi connectivity index (χ0v) is 22.3. The van der Waals surface area contributed by atoms with E-state index in [0.717, 1.165) is 68.8 Å². The molecule has 4 saturated carbocycles. The lowest BCUT2D eigenvalue weighted by atomic mass is 9.49. The summed E-state index contributed by atoms with van der Waals surface area (Å²) in [7, 11) is 6.56. The molecule has 4 aliphatic carbocycles. The van der Waals surface area contributed by atoms with Crippen LogP contribution in [0.25, 0.3) is 0 Å². The van der Waals surface area contributed by atoms with E-state index in [9.17, 15) is 9.59 Å². The lowest BCUT2D eigenvalue weighted by Crippen LogP contribution is -2.58. The Morgan fingerprint density at radius 1 is 0.889 bits per heavy atom. The largest absolute Gasteiger partial charge is 0.493 e. The van der Waals surface area contributed by atoms with Gasteiger partial charge >= 0.3 is 0 Å². The molecule has 4 bridgehead atoms. The maximum absolute atomic E-state index is 13.7. The third-order valence-corrected chi connectivity index (χ3v) is 9.13. The van der Waals surface area contributed by atoms with E-state index in [-0.39, 0.29) is 11.3 Å². The SMILES string of the molecule is COc1ccc(CN(C)C(=O)CN2CCN(C(=O)C34CC5CC(CC(C5)C3)C4)CC2)c(OC)c1OC. The van der Waals surface area contributed by atoms with Crippen molar-refractivity contribution in [2.45, 2.75) is 45.1 Å². The molecule has 0 atom stereocenters. The van der Waals surface area contributed by atoms with Crippen molar-refractivity contribution >= 4 is 11.8 Å². The number of hydrogen-bond donors (Lipinski definition) is 0. The molecule has 8 nitrogen and oxygen atoms in total. The molecule has 1 aromatic rings. The summed E-state index contributed by atoms with van der Waals surface area (Å²) in [6.45, 7) is 3.70. The molecule has 5 aliphatic rings. The minimum Gasteiger partial charge on any atom is -0.493 e. The van der Waals surface area contributed by atoms with Crippen LogP contribution in [0, 0.1) is 23.2 Å². The molecule has 1 saturated heterocycles. The van der Waals surface area contributed by atoms with E-state index in [4.69, 9.17) is 14.2 Å². The topological polar surface area (TPSA) is 71.6 Å². The number of piperazine rings is 1. The van der Waals surface area contributed by atoms with Gasteiger partial charge in [0.25, 0.3) is 0 Å². The van der Waals surface area contributed by atoms with E-state index in [1.165, 1.54) is 19.3 Å². The van der Waals surface area contributed by atoms with Crippen molar-refractivity contribution in [3.05, 3.63) is 17.7 Å². The number of carbonyl (C=O) groups excluding carboxylic acids is 2. The van der Waals surface area contributed by atoms with Crippen LogP contribution in [0.2, 0.25) is 0 Å². The third-order valence-electron chi connectivity index (χ3n) is 9.13. The number of likely N-dealkylation sites (N-methyl/N-ethyl adjacent to an activating group) is 1. The molecule has 8 heteroatoms. The average molecular weight is 500 g/mol. The van der Waals surface area contributed by atoms with E-state index in [1.807, 2.05) is 19.2 Å². The van der Waals surface area contributed by atoms with Crippen molar-refractivity contribution in [2.75, 3.05) is 61.1 Å². The molecule has 1 aromatic carbocycles. The van der Waals surface area contributed by atoms with Crippen LogP contribution in [0.15, 0.2) is 12.1 Å². The molecule has 36 heavy (non-hydrogen) atoms. The highest BCUT2D eigenvalue weighted by molar-refractivity contribution is 5.83. The number of carbonyl (C=O) groups is 2. The normalized spacial score (nSPS) is 29.2. The van der Waals surface area contributed by atoms with Crippen molar-refractivity contribution < 1.29 is 23.8 Å². The quantitative estimate of drug-likeness (QED) is 0.548. The lowest BCUT2D eigenvalue weighted by molar-refractivity contribution is -0.159. The summed E-state index contributed by atoms with van der Waals surface area (Å²) >= 11 is 0. The summed E-state index contributed by atoms with van der Waals surface area (Å²) in [6.07, 6.45) is 7.39. The minimum absolute atomic E-state index is 0.0488. The van der Waals surface area contributed by atoms with Crippen LogP contribution in [-0.2, 0) is 16.1 Å². The van der Waals surface area contributed by atoms with Crippen LogP contribution in [0.5, 0.6) is 17.2 Å². The van der Waals surface area contributed by atoms with E-state index >= 15 is 0 Å². The Bertz CT molecular complexity index is 952. The predicted molar refractivity (Wildman–Crippen MR) is 136 cm³/mol. The number of ether oxygens (including phenoxy) is 3. The second kappa shape index (κ2) is 10.1. The summed E-state index contributed by atoms with van der Waals surface area (Å²) in [5.41, 5.74) is 0.780. The Labute approximate surface area is 214 Å². The summed E-state index contributed by atoms with van der Waals surface area (Å²) in [6, 6.07) is 3.73. The van der Waals surface area contributed by atoms with Crippen LogP contribution in [0.4, 0.5) is 0 Å². The molecule has 6 rings (SSSR count). The molecule has 1 aliphatic heterocycles. The molecule has 198 valence electrons. The van der Waals surface area contributed by atoms with Gasteiger partial charge in [-0.2, -0.15) is 0 Å². The Morgan fingerprint density at radius 3 is 2.00 bits per heavy atom. The number of amides is 2. The summed E-state index contributed by atoms with van der Waals surface area (Å²) in [4.78, 5) is 32.7. The fraction of sp³-hybridized carbons (Fsp3) is 0.714. The maximum Gasteiger partial charge on any atom is 0.236 e. The van der Waals surface area contributed by atoms with Gasteiger partial charge in [0.15, 0.2) is 11.5 Å². The van der Waals surface area contributed by atoms with Crippen LogP contribution in [-0.4, -0.2) is 87.6 Å². The lowest BCUT2D eigenvalue weighted by Gasteiger charge is -2.57. The van der Waals surface area contributed by atoms with Crippen LogP contribution in [0.1, 0.15) is 44.1 Å². The summed E-state index contributed by atoms with van der Waals surface area (Å²) < 4.78 is 16.4. The highest BCUT2D eigenvalue weighted by Gasteiger charge is 2.55. The van der Waals surface area contributed by atoms with Gasteiger partial charge in [0.2, 0.25) is 17.6 Å². The van der Waals surface area contributed by atoms with Gasteiger partial charge < -0.3 is 24.0 Å². The zero-order valence-electron chi connectivity index (χ0n) is 22.3. The fourth-order valence-electron chi connectivity index (χ4n) is 7.76. The second-order valence-corrected chi connectivity index (χ2v) is 11.5.